The molecule has 1 saturated heterocycles. The highest BCUT2D eigenvalue weighted by atomic mass is 16.5. The molecule has 1 aromatic heterocycles. The van der Waals surface area contributed by atoms with Gasteiger partial charge in [0.25, 0.3) is 5.91 Å². The summed E-state index contributed by atoms with van der Waals surface area (Å²) in [5, 5.41) is 0. The quantitative estimate of drug-likeness (QED) is 0.813. The molecule has 2 heterocycles. The SMILES string of the molecule is CC(C)Oc1cccnc1C(=O)N1CCC(OC2CCCCC2)CC1. The molecule has 1 saturated carbocycles. The standard InChI is InChI=1S/C20H30N2O3/c1-15(2)24-18-9-6-12-21-19(18)20(23)22-13-10-17(11-14-22)25-16-7-4-3-5-8-16/h6,9,12,15-17H,3-5,7-8,10-11,13-14H2,1-2H3. The molecule has 0 aromatic carbocycles. The largest absolute Gasteiger partial charge is 0.489 e. The predicted molar refractivity (Wildman–Crippen MR) is 96.9 cm³/mol. The Kier molecular flexibility index (Phi) is 6.29. The van der Waals surface area contributed by atoms with Crippen molar-refractivity contribution in [3.63, 3.8) is 0 Å². The van der Waals surface area contributed by atoms with E-state index in [2.05, 4.69) is 4.98 Å². The molecule has 0 unspecified atom stereocenters. The zero-order chi connectivity index (χ0) is 17.6. The fourth-order valence-corrected chi connectivity index (χ4v) is 3.72. The van der Waals surface area contributed by atoms with E-state index in [0.29, 0.717) is 23.7 Å². The lowest BCUT2D eigenvalue weighted by atomic mass is 9.97. The summed E-state index contributed by atoms with van der Waals surface area (Å²) in [5.74, 6) is 0.537. The Morgan fingerprint density at radius 3 is 2.48 bits per heavy atom. The highest BCUT2D eigenvalue weighted by Crippen LogP contribution is 2.26. The molecule has 2 aliphatic rings. The van der Waals surface area contributed by atoms with Gasteiger partial charge in [-0.25, -0.2) is 4.98 Å². The van der Waals surface area contributed by atoms with Gasteiger partial charge in [-0.15, -0.1) is 0 Å². The van der Waals surface area contributed by atoms with Crippen LogP contribution in [0.2, 0.25) is 0 Å². The number of carbonyl (C=O) groups is 1. The van der Waals surface area contributed by atoms with Crippen LogP contribution in [0.3, 0.4) is 0 Å². The molecule has 5 nitrogen and oxygen atoms in total. The van der Waals surface area contributed by atoms with Crippen LogP contribution in [-0.4, -0.2) is 47.2 Å². The van der Waals surface area contributed by atoms with Crippen molar-refractivity contribution in [1.29, 1.82) is 0 Å². The molecule has 0 spiro atoms. The number of nitrogens with zero attached hydrogens (tertiary/aromatic N) is 2. The van der Waals surface area contributed by atoms with Gasteiger partial charge in [0.15, 0.2) is 11.4 Å². The highest BCUT2D eigenvalue weighted by molar-refractivity contribution is 5.95. The monoisotopic (exact) mass is 346 g/mol. The van der Waals surface area contributed by atoms with Crippen LogP contribution in [0.4, 0.5) is 0 Å². The van der Waals surface area contributed by atoms with Gasteiger partial charge in [-0.3, -0.25) is 4.79 Å². The van der Waals surface area contributed by atoms with Crippen molar-refractivity contribution in [2.75, 3.05) is 13.1 Å². The molecule has 0 atom stereocenters. The summed E-state index contributed by atoms with van der Waals surface area (Å²) in [6.07, 6.45) is 10.5. The number of amides is 1. The Bertz CT molecular complexity index is 562. The number of ether oxygens (including phenoxy) is 2. The fourth-order valence-electron chi connectivity index (χ4n) is 3.72. The van der Waals surface area contributed by atoms with Crippen molar-refractivity contribution in [2.45, 2.75) is 77.1 Å². The summed E-state index contributed by atoms with van der Waals surface area (Å²) < 4.78 is 12.0. The maximum absolute atomic E-state index is 12.8. The average Bonchev–Trinajstić information content (AvgIpc) is 2.63. The molecule has 0 radical (unpaired) electrons. The van der Waals surface area contributed by atoms with Gasteiger partial charge >= 0.3 is 0 Å². The van der Waals surface area contributed by atoms with Gasteiger partial charge in [-0.2, -0.15) is 0 Å². The summed E-state index contributed by atoms with van der Waals surface area (Å²) in [6, 6.07) is 3.62. The van der Waals surface area contributed by atoms with Crippen molar-refractivity contribution >= 4 is 5.91 Å². The lowest BCUT2D eigenvalue weighted by molar-refractivity contribution is -0.0527. The van der Waals surface area contributed by atoms with Crippen LogP contribution >= 0.6 is 0 Å². The molecule has 138 valence electrons. The van der Waals surface area contributed by atoms with Crippen molar-refractivity contribution in [1.82, 2.24) is 9.88 Å². The van der Waals surface area contributed by atoms with Crippen LogP contribution in [-0.2, 0) is 4.74 Å². The van der Waals surface area contributed by atoms with Crippen molar-refractivity contribution in [2.24, 2.45) is 0 Å². The molecule has 0 N–H and O–H groups in total. The maximum Gasteiger partial charge on any atom is 0.276 e. The van der Waals surface area contributed by atoms with E-state index in [1.807, 2.05) is 24.8 Å². The van der Waals surface area contributed by atoms with E-state index in [1.165, 1.54) is 32.1 Å². The lowest BCUT2D eigenvalue weighted by Crippen LogP contribution is -2.42. The minimum absolute atomic E-state index is 0.0189. The first-order valence-electron chi connectivity index (χ1n) is 9.70. The van der Waals surface area contributed by atoms with Gasteiger partial charge < -0.3 is 14.4 Å². The summed E-state index contributed by atoms with van der Waals surface area (Å²) in [6.45, 7) is 5.37. The second-order valence-corrected chi connectivity index (χ2v) is 7.40. The number of piperidine rings is 1. The first-order chi connectivity index (χ1) is 12.1. The van der Waals surface area contributed by atoms with Crippen LogP contribution in [0.15, 0.2) is 18.3 Å². The van der Waals surface area contributed by atoms with Gasteiger partial charge in [0.2, 0.25) is 0 Å². The second-order valence-electron chi connectivity index (χ2n) is 7.40. The van der Waals surface area contributed by atoms with Crippen LogP contribution < -0.4 is 4.74 Å². The van der Waals surface area contributed by atoms with E-state index in [9.17, 15) is 4.79 Å². The van der Waals surface area contributed by atoms with Gasteiger partial charge in [-0.05, 0) is 51.7 Å². The summed E-state index contributed by atoms with van der Waals surface area (Å²) >= 11 is 0. The smallest absolute Gasteiger partial charge is 0.276 e. The van der Waals surface area contributed by atoms with E-state index in [4.69, 9.17) is 9.47 Å². The van der Waals surface area contributed by atoms with Crippen molar-refractivity contribution in [3.05, 3.63) is 24.0 Å². The van der Waals surface area contributed by atoms with E-state index in [1.54, 1.807) is 12.3 Å². The van der Waals surface area contributed by atoms with E-state index < -0.39 is 0 Å². The normalized spacial score (nSPS) is 20.0. The van der Waals surface area contributed by atoms with E-state index in [0.717, 1.165) is 25.9 Å². The fraction of sp³-hybridized carbons (Fsp3) is 0.700. The Morgan fingerprint density at radius 2 is 1.80 bits per heavy atom. The summed E-state index contributed by atoms with van der Waals surface area (Å²) in [5.41, 5.74) is 0.419. The predicted octanol–water partition coefficient (Wildman–Crippen LogP) is 3.82. The lowest BCUT2D eigenvalue weighted by Gasteiger charge is -2.35. The van der Waals surface area contributed by atoms with Crippen LogP contribution in [0.5, 0.6) is 5.75 Å². The molecule has 2 fully saturated rings. The molecular weight excluding hydrogens is 316 g/mol. The third kappa shape index (κ3) is 4.94. The first kappa shape index (κ1) is 18.2. The highest BCUT2D eigenvalue weighted by Gasteiger charge is 2.28. The van der Waals surface area contributed by atoms with Gasteiger partial charge in [0, 0.05) is 19.3 Å². The zero-order valence-corrected chi connectivity index (χ0v) is 15.4. The third-order valence-electron chi connectivity index (χ3n) is 5.00. The number of hydrogen-bond donors (Lipinski definition) is 0. The van der Waals surface area contributed by atoms with Crippen molar-refractivity contribution in [3.8, 4) is 5.75 Å². The average molecular weight is 346 g/mol. The molecule has 1 aliphatic heterocycles. The molecular formula is C20H30N2O3. The number of pyridine rings is 1. The number of aromatic nitrogens is 1. The third-order valence-corrected chi connectivity index (χ3v) is 5.00. The summed E-state index contributed by atoms with van der Waals surface area (Å²) in [7, 11) is 0. The minimum Gasteiger partial charge on any atom is -0.489 e. The van der Waals surface area contributed by atoms with Gasteiger partial charge in [0.05, 0.1) is 18.3 Å². The topological polar surface area (TPSA) is 51.7 Å². The number of likely N-dealkylation sites (tertiary alicyclic amines) is 1. The van der Waals surface area contributed by atoms with Crippen LogP contribution in [0.25, 0.3) is 0 Å². The summed E-state index contributed by atoms with van der Waals surface area (Å²) in [4.78, 5) is 19.0. The molecule has 25 heavy (non-hydrogen) atoms. The molecule has 0 bridgehead atoms. The number of hydrogen-bond acceptors (Lipinski definition) is 4. The number of carbonyl (C=O) groups excluding carboxylic acids is 1. The maximum atomic E-state index is 12.8. The minimum atomic E-state index is -0.0348. The van der Waals surface area contributed by atoms with Crippen LogP contribution in [0.1, 0.15) is 69.3 Å². The molecule has 1 amide bonds. The van der Waals surface area contributed by atoms with E-state index >= 15 is 0 Å². The molecule has 3 rings (SSSR count). The van der Waals surface area contributed by atoms with Crippen LogP contribution in [0, 0.1) is 0 Å². The first-order valence-corrected chi connectivity index (χ1v) is 9.70. The molecule has 1 aromatic rings. The Morgan fingerprint density at radius 1 is 1.12 bits per heavy atom. The second kappa shape index (κ2) is 8.65. The van der Waals surface area contributed by atoms with Gasteiger partial charge in [-0.1, -0.05) is 19.3 Å². The zero-order valence-electron chi connectivity index (χ0n) is 15.4. The number of rotatable bonds is 5. The van der Waals surface area contributed by atoms with E-state index in [-0.39, 0.29) is 12.0 Å². The molecule has 1 aliphatic carbocycles. The van der Waals surface area contributed by atoms with Gasteiger partial charge in [0.1, 0.15) is 0 Å². The Labute approximate surface area is 150 Å². The van der Waals surface area contributed by atoms with Crippen molar-refractivity contribution < 1.29 is 14.3 Å². The molecule has 5 heteroatoms. The Hall–Kier alpha value is -1.62. The Balaban J connectivity index is 1.55.